The van der Waals surface area contributed by atoms with Gasteiger partial charge in [0.1, 0.15) is 17.5 Å². The smallest absolute Gasteiger partial charge is 0.229 e. The maximum absolute atomic E-state index is 14.1. The number of nitrogens with zero attached hydrogens (tertiary/aromatic N) is 4. The minimum absolute atomic E-state index is 0.137. The molecule has 0 spiro atoms. The van der Waals surface area contributed by atoms with E-state index < -0.39 is 11.6 Å². The highest BCUT2D eigenvalue weighted by atomic mass is 19.1. The second-order valence-corrected chi connectivity index (χ2v) is 6.97. The summed E-state index contributed by atoms with van der Waals surface area (Å²) in [5.41, 5.74) is 1.84. The molecule has 2 aromatic carbocycles. The molecule has 7 heteroatoms. The van der Waals surface area contributed by atoms with Crippen LogP contribution in [0.1, 0.15) is 6.92 Å². The Morgan fingerprint density at radius 3 is 2.38 bits per heavy atom. The van der Waals surface area contributed by atoms with Crippen LogP contribution >= 0.6 is 0 Å². The number of aromatic nitrogens is 2. The zero-order valence-electron chi connectivity index (χ0n) is 16.3. The molecule has 2 heterocycles. The monoisotopic (exact) mass is 395 g/mol. The Kier molecular flexibility index (Phi) is 5.67. The van der Waals surface area contributed by atoms with Crippen molar-refractivity contribution in [3.8, 4) is 11.3 Å². The standard InChI is InChI=1S/C22H23F2N5/c1-2-28-10-12-29(13-11-28)21-15-20(16-6-4-3-5-7-16)26-22(27-21)25-19-9-8-17(23)14-18(19)24/h3-9,14-15H,2,10-13H2,1H3,(H,25,26,27). The van der Waals surface area contributed by atoms with Crippen molar-refractivity contribution < 1.29 is 8.78 Å². The Morgan fingerprint density at radius 1 is 0.931 bits per heavy atom. The Balaban J connectivity index is 1.68. The lowest BCUT2D eigenvalue weighted by molar-refractivity contribution is 0.270. The van der Waals surface area contributed by atoms with E-state index in [1.54, 1.807) is 0 Å². The zero-order valence-corrected chi connectivity index (χ0v) is 16.3. The first-order valence-electron chi connectivity index (χ1n) is 9.76. The molecule has 1 aliphatic heterocycles. The SMILES string of the molecule is CCN1CCN(c2cc(-c3ccccc3)nc(Nc3ccc(F)cc3F)n2)CC1. The van der Waals surface area contributed by atoms with Crippen molar-refractivity contribution in [3.05, 3.63) is 66.2 Å². The van der Waals surface area contributed by atoms with E-state index in [0.29, 0.717) is 0 Å². The molecule has 0 amide bonds. The van der Waals surface area contributed by atoms with Crippen molar-refractivity contribution in [2.75, 3.05) is 42.9 Å². The van der Waals surface area contributed by atoms with Crippen LogP contribution in [0.25, 0.3) is 11.3 Å². The number of benzene rings is 2. The lowest BCUT2D eigenvalue weighted by Crippen LogP contribution is -2.46. The summed E-state index contributed by atoms with van der Waals surface area (Å²) < 4.78 is 27.4. The van der Waals surface area contributed by atoms with E-state index in [1.165, 1.54) is 12.1 Å². The number of likely N-dealkylation sites (N-methyl/N-ethyl adjacent to an activating group) is 1. The lowest BCUT2D eigenvalue weighted by Gasteiger charge is -2.35. The van der Waals surface area contributed by atoms with Crippen LogP contribution < -0.4 is 10.2 Å². The number of piperazine rings is 1. The van der Waals surface area contributed by atoms with Crippen molar-refractivity contribution in [2.45, 2.75) is 6.92 Å². The van der Waals surface area contributed by atoms with Crippen LogP contribution in [0.15, 0.2) is 54.6 Å². The number of anilines is 3. The van der Waals surface area contributed by atoms with E-state index in [0.717, 1.165) is 55.9 Å². The Labute approximate surface area is 169 Å². The molecule has 1 aromatic heterocycles. The fraction of sp³-hybridized carbons (Fsp3) is 0.273. The van der Waals surface area contributed by atoms with Crippen LogP contribution in [-0.2, 0) is 0 Å². The molecule has 0 unspecified atom stereocenters. The zero-order chi connectivity index (χ0) is 20.2. The van der Waals surface area contributed by atoms with E-state index in [2.05, 4.69) is 32.0 Å². The fourth-order valence-electron chi connectivity index (χ4n) is 3.41. The molecule has 1 saturated heterocycles. The van der Waals surface area contributed by atoms with Gasteiger partial charge in [-0.15, -0.1) is 0 Å². The second kappa shape index (κ2) is 8.53. The summed E-state index contributed by atoms with van der Waals surface area (Å²) in [5.74, 6) is -0.234. The number of rotatable bonds is 5. The summed E-state index contributed by atoms with van der Waals surface area (Å²) in [5, 5.41) is 2.91. The van der Waals surface area contributed by atoms with Crippen LogP contribution in [0.4, 0.5) is 26.2 Å². The highest BCUT2D eigenvalue weighted by molar-refractivity contribution is 5.66. The molecule has 0 atom stereocenters. The van der Waals surface area contributed by atoms with E-state index in [-0.39, 0.29) is 11.6 Å². The molecule has 0 bridgehead atoms. The molecular formula is C22H23F2N5. The topological polar surface area (TPSA) is 44.3 Å². The molecule has 3 aromatic rings. The van der Waals surface area contributed by atoms with Crippen LogP contribution in [-0.4, -0.2) is 47.6 Å². The highest BCUT2D eigenvalue weighted by Crippen LogP contribution is 2.26. The third-order valence-electron chi connectivity index (χ3n) is 5.10. The maximum Gasteiger partial charge on any atom is 0.229 e. The molecular weight excluding hydrogens is 372 g/mol. The first-order valence-corrected chi connectivity index (χ1v) is 9.76. The molecule has 5 nitrogen and oxygen atoms in total. The van der Waals surface area contributed by atoms with Gasteiger partial charge in [0.2, 0.25) is 5.95 Å². The average Bonchev–Trinajstić information content (AvgIpc) is 2.76. The molecule has 1 fully saturated rings. The highest BCUT2D eigenvalue weighted by Gasteiger charge is 2.19. The van der Waals surface area contributed by atoms with E-state index >= 15 is 0 Å². The van der Waals surface area contributed by atoms with E-state index in [9.17, 15) is 8.78 Å². The molecule has 4 rings (SSSR count). The molecule has 0 aliphatic carbocycles. The molecule has 0 saturated carbocycles. The van der Waals surface area contributed by atoms with Gasteiger partial charge >= 0.3 is 0 Å². The minimum atomic E-state index is -0.683. The minimum Gasteiger partial charge on any atom is -0.354 e. The lowest BCUT2D eigenvalue weighted by atomic mass is 10.1. The number of hydrogen-bond donors (Lipinski definition) is 1. The van der Waals surface area contributed by atoms with Gasteiger partial charge in [-0.1, -0.05) is 37.3 Å². The Bertz CT molecular complexity index is 972. The molecule has 0 radical (unpaired) electrons. The average molecular weight is 395 g/mol. The Hall–Kier alpha value is -3.06. The van der Waals surface area contributed by atoms with Gasteiger partial charge in [-0.2, -0.15) is 4.98 Å². The summed E-state index contributed by atoms with van der Waals surface area (Å²) in [6.07, 6.45) is 0. The maximum atomic E-state index is 14.1. The van der Waals surface area contributed by atoms with Gasteiger partial charge in [0.25, 0.3) is 0 Å². The van der Waals surface area contributed by atoms with Gasteiger partial charge in [-0.3, -0.25) is 0 Å². The fourth-order valence-corrected chi connectivity index (χ4v) is 3.41. The third-order valence-corrected chi connectivity index (χ3v) is 5.10. The van der Waals surface area contributed by atoms with Gasteiger partial charge < -0.3 is 15.1 Å². The van der Waals surface area contributed by atoms with E-state index in [1.807, 2.05) is 36.4 Å². The third kappa shape index (κ3) is 4.51. The van der Waals surface area contributed by atoms with E-state index in [4.69, 9.17) is 0 Å². The van der Waals surface area contributed by atoms with Crippen molar-refractivity contribution in [3.63, 3.8) is 0 Å². The predicted octanol–water partition coefficient (Wildman–Crippen LogP) is 4.31. The molecule has 1 N–H and O–H groups in total. The molecule has 150 valence electrons. The summed E-state index contributed by atoms with van der Waals surface area (Å²) in [4.78, 5) is 13.8. The van der Waals surface area contributed by atoms with Crippen LogP contribution in [0.3, 0.4) is 0 Å². The van der Waals surface area contributed by atoms with Gasteiger partial charge in [-0.05, 0) is 18.7 Å². The first kappa shape index (κ1) is 19.3. The van der Waals surface area contributed by atoms with Gasteiger partial charge in [0.05, 0.1) is 11.4 Å². The van der Waals surface area contributed by atoms with Gasteiger partial charge in [0, 0.05) is 43.9 Å². The molecule has 1 aliphatic rings. The van der Waals surface area contributed by atoms with Crippen molar-refractivity contribution >= 4 is 17.5 Å². The summed E-state index contributed by atoms with van der Waals surface area (Å²) >= 11 is 0. The molecule has 29 heavy (non-hydrogen) atoms. The largest absolute Gasteiger partial charge is 0.354 e. The summed E-state index contributed by atoms with van der Waals surface area (Å²) in [6.45, 7) is 6.86. The van der Waals surface area contributed by atoms with Gasteiger partial charge in [0.15, 0.2) is 0 Å². The number of nitrogens with one attached hydrogen (secondary N) is 1. The quantitative estimate of drug-likeness (QED) is 0.698. The van der Waals surface area contributed by atoms with Crippen LogP contribution in [0, 0.1) is 11.6 Å². The van der Waals surface area contributed by atoms with Gasteiger partial charge in [-0.25, -0.2) is 13.8 Å². The Morgan fingerprint density at radius 2 is 1.69 bits per heavy atom. The number of halogens is 2. The van der Waals surface area contributed by atoms with Crippen molar-refractivity contribution in [1.29, 1.82) is 0 Å². The second-order valence-electron chi connectivity index (χ2n) is 6.97. The van der Waals surface area contributed by atoms with Crippen LogP contribution in [0.2, 0.25) is 0 Å². The van der Waals surface area contributed by atoms with Crippen molar-refractivity contribution in [1.82, 2.24) is 14.9 Å². The number of hydrogen-bond acceptors (Lipinski definition) is 5. The first-order chi connectivity index (χ1) is 14.1. The summed E-state index contributed by atoms with van der Waals surface area (Å²) in [7, 11) is 0. The predicted molar refractivity (Wildman–Crippen MR) is 111 cm³/mol. The summed E-state index contributed by atoms with van der Waals surface area (Å²) in [6, 6.07) is 15.2. The normalized spacial score (nSPS) is 14.8. The van der Waals surface area contributed by atoms with Crippen LogP contribution in [0.5, 0.6) is 0 Å². The van der Waals surface area contributed by atoms with Crippen molar-refractivity contribution in [2.24, 2.45) is 0 Å².